The molecule has 0 radical (unpaired) electrons. The van der Waals surface area contributed by atoms with Crippen LogP contribution in [0.2, 0.25) is 0 Å². The monoisotopic (exact) mass is 400 g/mol. The number of anilines is 1. The largest absolute Gasteiger partial charge is 0.345 e. The topological polar surface area (TPSA) is 86.9 Å². The summed E-state index contributed by atoms with van der Waals surface area (Å²) in [5, 5.41) is 11.6. The maximum Gasteiger partial charge on any atom is 0.272 e. The average Bonchev–Trinajstić information content (AvgIpc) is 2.96. The van der Waals surface area contributed by atoms with E-state index in [1.165, 1.54) is 12.1 Å². The minimum absolute atomic E-state index is 0.160. The van der Waals surface area contributed by atoms with E-state index in [4.69, 9.17) is 5.26 Å². The first-order valence-electron chi connectivity index (χ1n) is 8.63. The summed E-state index contributed by atoms with van der Waals surface area (Å²) in [6.07, 6.45) is 6.72. The third-order valence-electron chi connectivity index (χ3n) is 3.91. The fraction of sp³-hybridized carbons (Fsp3) is 0.200. The summed E-state index contributed by atoms with van der Waals surface area (Å²) in [4.78, 5) is 13.2. The second kappa shape index (κ2) is 9.26. The molecule has 1 aromatic carbocycles. The number of rotatable bonds is 3. The van der Waals surface area contributed by atoms with E-state index in [-0.39, 0.29) is 11.6 Å². The van der Waals surface area contributed by atoms with Gasteiger partial charge in [-0.1, -0.05) is 32.1 Å². The van der Waals surface area contributed by atoms with Crippen molar-refractivity contribution < 1.29 is 13.4 Å². The molecule has 2 unspecified atom stereocenters. The Morgan fingerprint density at radius 3 is 2.82 bits per heavy atom. The SMILES string of the molecule is C=CC1C=Cc2c(cn(C)c2C(=O)Nc2ccc(F)c(C#N)c2)S(=O)N1.CC. The third-order valence-corrected chi connectivity index (χ3v) is 5.12. The maximum atomic E-state index is 13.4. The summed E-state index contributed by atoms with van der Waals surface area (Å²) in [5.74, 6) is -1.11. The van der Waals surface area contributed by atoms with Crippen LogP contribution in [-0.4, -0.2) is 20.7 Å². The second-order valence-corrected chi connectivity index (χ2v) is 6.85. The van der Waals surface area contributed by atoms with E-state index in [1.807, 2.05) is 13.8 Å². The van der Waals surface area contributed by atoms with Crippen LogP contribution in [0.25, 0.3) is 6.08 Å². The standard InChI is InChI=1S/C18H15FN4O2S.C2H6/c1-3-12-4-6-14-16(26(25)22-12)10-23(2)17(14)18(24)21-13-5-7-15(19)11(8-13)9-20;1-2/h3-8,10,12,22H,1H2,2H3,(H,21,24);1-2H3. The van der Waals surface area contributed by atoms with Gasteiger partial charge >= 0.3 is 0 Å². The fourth-order valence-electron chi connectivity index (χ4n) is 2.64. The van der Waals surface area contributed by atoms with E-state index in [0.717, 1.165) is 6.07 Å². The van der Waals surface area contributed by atoms with Crippen molar-refractivity contribution in [1.29, 1.82) is 5.26 Å². The van der Waals surface area contributed by atoms with Crippen molar-refractivity contribution in [2.24, 2.45) is 7.05 Å². The van der Waals surface area contributed by atoms with Crippen LogP contribution in [0.3, 0.4) is 0 Å². The normalized spacial score (nSPS) is 17.4. The van der Waals surface area contributed by atoms with Crippen molar-refractivity contribution in [3.63, 3.8) is 0 Å². The molecule has 2 heterocycles. The minimum Gasteiger partial charge on any atom is -0.345 e. The lowest BCUT2D eigenvalue weighted by atomic mass is 10.1. The van der Waals surface area contributed by atoms with E-state index >= 15 is 0 Å². The van der Waals surface area contributed by atoms with Crippen molar-refractivity contribution in [2.75, 3.05) is 5.32 Å². The number of nitriles is 1. The molecule has 0 aliphatic carbocycles. The number of halogens is 1. The van der Waals surface area contributed by atoms with Crippen molar-refractivity contribution in [2.45, 2.75) is 24.8 Å². The van der Waals surface area contributed by atoms with Crippen molar-refractivity contribution in [3.8, 4) is 6.07 Å². The second-order valence-electron chi connectivity index (χ2n) is 5.63. The fourth-order valence-corrected chi connectivity index (χ4v) is 3.81. The molecule has 1 aromatic heterocycles. The Morgan fingerprint density at radius 1 is 1.46 bits per heavy atom. The molecule has 146 valence electrons. The predicted molar refractivity (Wildman–Crippen MR) is 108 cm³/mol. The van der Waals surface area contributed by atoms with Gasteiger partial charge in [0.2, 0.25) is 0 Å². The van der Waals surface area contributed by atoms with Crippen LogP contribution < -0.4 is 10.0 Å². The number of benzene rings is 1. The van der Waals surface area contributed by atoms with E-state index in [9.17, 15) is 13.4 Å². The number of hydrogen-bond acceptors (Lipinski definition) is 3. The Balaban J connectivity index is 0.00000136. The number of carbonyl (C=O) groups excluding carboxylic acids is 1. The average molecular weight is 400 g/mol. The minimum atomic E-state index is -1.50. The first-order valence-corrected chi connectivity index (χ1v) is 9.78. The van der Waals surface area contributed by atoms with E-state index < -0.39 is 22.7 Å². The molecule has 8 heteroatoms. The lowest BCUT2D eigenvalue weighted by Crippen LogP contribution is -2.25. The lowest BCUT2D eigenvalue weighted by Gasteiger charge is -2.08. The number of nitrogens with one attached hydrogen (secondary N) is 2. The Morgan fingerprint density at radius 2 is 2.18 bits per heavy atom. The summed E-state index contributed by atoms with van der Waals surface area (Å²) in [5.41, 5.74) is 0.970. The van der Waals surface area contributed by atoms with Gasteiger partial charge in [-0.15, -0.1) is 6.58 Å². The number of hydrogen-bond donors (Lipinski definition) is 2. The molecular weight excluding hydrogens is 379 g/mol. The van der Waals surface area contributed by atoms with Gasteiger partial charge in [0.15, 0.2) is 0 Å². The molecule has 3 rings (SSSR count). The third kappa shape index (κ3) is 4.27. The molecule has 0 saturated heterocycles. The summed E-state index contributed by atoms with van der Waals surface area (Å²) in [6.45, 7) is 7.67. The van der Waals surface area contributed by atoms with Crippen LogP contribution in [0.1, 0.15) is 35.5 Å². The van der Waals surface area contributed by atoms with E-state index in [0.29, 0.717) is 21.8 Å². The molecule has 1 aliphatic heterocycles. The van der Waals surface area contributed by atoms with Gasteiger partial charge in [0, 0.05) is 24.5 Å². The molecule has 2 N–H and O–H groups in total. The van der Waals surface area contributed by atoms with Gasteiger partial charge in [-0.05, 0) is 18.2 Å². The highest BCUT2D eigenvalue weighted by Gasteiger charge is 2.25. The van der Waals surface area contributed by atoms with Gasteiger partial charge in [0.05, 0.1) is 16.5 Å². The quantitative estimate of drug-likeness (QED) is 0.773. The number of fused-ring (bicyclic) bond motifs is 1. The molecule has 2 aromatic rings. The Kier molecular flexibility index (Phi) is 7.04. The van der Waals surface area contributed by atoms with Crippen LogP contribution in [0, 0.1) is 17.1 Å². The van der Waals surface area contributed by atoms with Crippen molar-refractivity contribution in [3.05, 3.63) is 65.8 Å². The maximum absolute atomic E-state index is 13.4. The molecule has 0 spiro atoms. The molecular formula is C20H21FN4O2S. The molecule has 0 bridgehead atoms. The zero-order valence-corrected chi connectivity index (χ0v) is 16.6. The number of aromatic nitrogens is 1. The first kappa shape index (κ1) is 21.3. The molecule has 0 fully saturated rings. The summed E-state index contributed by atoms with van der Waals surface area (Å²) >= 11 is 0. The molecule has 1 amide bonds. The Labute approximate surface area is 166 Å². The Hall–Kier alpha value is -3.02. The zero-order valence-electron chi connectivity index (χ0n) is 15.8. The van der Waals surface area contributed by atoms with E-state index in [2.05, 4.69) is 16.6 Å². The van der Waals surface area contributed by atoms with Gasteiger partial charge in [-0.3, -0.25) is 4.79 Å². The zero-order chi connectivity index (χ0) is 20.8. The van der Waals surface area contributed by atoms with Crippen molar-refractivity contribution in [1.82, 2.24) is 9.29 Å². The van der Waals surface area contributed by atoms with Crippen LogP contribution in [0.5, 0.6) is 0 Å². The van der Waals surface area contributed by atoms with Crippen molar-refractivity contribution >= 4 is 28.7 Å². The molecule has 6 nitrogen and oxygen atoms in total. The lowest BCUT2D eigenvalue weighted by molar-refractivity contribution is 0.101. The van der Waals surface area contributed by atoms with E-state index in [1.54, 1.807) is 42.1 Å². The predicted octanol–water partition coefficient (Wildman–Crippen LogP) is 3.51. The van der Waals surface area contributed by atoms with Gasteiger partial charge in [-0.25, -0.2) is 13.3 Å². The van der Waals surface area contributed by atoms with Crippen LogP contribution in [-0.2, 0) is 18.0 Å². The smallest absolute Gasteiger partial charge is 0.272 e. The van der Waals surface area contributed by atoms with Gasteiger partial charge in [0.1, 0.15) is 28.6 Å². The van der Waals surface area contributed by atoms with Gasteiger partial charge < -0.3 is 9.88 Å². The first-order chi connectivity index (χ1) is 13.4. The highest BCUT2D eigenvalue weighted by Crippen LogP contribution is 2.25. The summed E-state index contributed by atoms with van der Waals surface area (Å²) < 4.78 is 30.3. The van der Waals surface area contributed by atoms with Crippen LogP contribution >= 0.6 is 0 Å². The van der Waals surface area contributed by atoms with Crippen LogP contribution in [0.15, 0.2) is 48.0 Å². The molecule has 28 heavy (non-hydrogen) atoms. The molecule has 0 saturated carbocycles. The number of nitrogens with zero attached hydrogens (tertiary/aromatic N) is 2. The highest BCUT2D eigenvalue weighted by molar-refractivity contribution is 7.83. The van der Waals surface area contributed by atoms with Crippen LogP contribution in [0.4, 0.5) is 10.1 Å². The summed E-state index contributed by atoms with van der Waals surface area (Å²) in [7, 11) is 0.171. The number of aryl methyl sites for hydroxylation is 1. The van der Waals surface area contributed by atoms with Gasteiger partial charge in [0.25, 0.3) is 5.91 Å². The number of carbonyl (C=O) groups is 1. The molecule has 2 atom stereocenters. The Bertz CT molecular complexity index is 1000. The van der Waals surface area contributed by atoms with Gasteiger partial charge in [-0.2, -0.15) is 5.26 Å². The summed E-state index contributed by atoms with van der Waals surface area (Å²) in [6, 6.07) is 5.21. The molecule has 1 aliphatic rings. The highest BCUT2D eigenvalue weighted by atomic mass is 32.2. The number of amides is 1.